The predicted octanol–water partition coefficient (Wildman–Crippen LogP) is 9.99. The zero-order valence-electron chi connectivity index (χ0n) is 29.0. The molecule has 2 fully saturated rings. The van der Waals surface area contributed by atoms with Gasteiger partial charge in [0.2, 0.25) is 0 Å². The lowest BCUT2D eigenvalue weighted by Gasteiger charge is -2.39. The first-order valence-electron chi connectivity index (χ1n) is 17.4. The van der Waals surface area contributed by atoms with Crippen molar-refractivity contribution in [3.8, 4) is 0 Å². The molecule has 0 N–H and O–H groups in total. The Labute approximate surface area is 276 Å². The lowest BCUT2D eigenvalue weighted by molar-refractivity contribution is 0.0953. The number of nitrogens with zero attached hydrogens (tertiary/aromatic N) is 3. The molecule has 2 saturated heterocycles. The van der Waals surface area contributed by atoms with Gasteiger partial charge in [0.25, 0.3) is 0 Å². The van der Waals surface area contributed by atoms with Crippen LogP contribution in [-0.2, 0) is 19.6 Å². The van der Waals surface area contributed by atoms with E-state index in [0.29, 0.717) is 0 Å². The Morgan fingerprint density at radius 2 is 1.11 bits per heavy atom. The monoisotopic (exact) mass is 607 g/mol. The third kappa shape index (κ3) is 14.3. The van der Waals surface area contributed by atoms with Crippen molar-refractivity contribution >= 4 is 0 Å². The van der Waals surface area contributed by atoms with Crippen molar-refractivity contribution < 1.29 is 0 Å². The van der Waals surface area contributed by atoms with Crippen molar-refractivity contribution in [3.63, 3.8) is 0 Å². The SMILES string of the molecule is C=CCN(CC=C)Cc1ccc(C)cc1.CC1CCCC(C)N1Cc1ccccc1.Cc1ccc(CN2CCCCCC2)cc1. The molecule has 0 aliphatic carbocycles. The van der Waals surface area contributed by atoms with Crippen LogP contribution in [0.2, 0.25) is 0 Å². The van der Waals surface area contributed by atoms with Crippen molar-refractivity contribution in [1.82, 2.24) is 14.7 Å². The van der Waals surface area contributed by atoms with Crippen molar-refractivity contribution in [3.05, 3.63) is 132 Å². The van der Waals surface area contributed by atoms with Crippen molar-refractivity contribution in [2.75, 3.05) is 26.2 Å². The summed E-state index contributed by atoms with van der Waals surface area (Å²) in [6.45, 7) is 24.1. The summed E-state index contributed by atoms with van der Waals surface area (Å²) in [6.07, 6.45) is 13.6. The number of hydrogen-bond acceptors (Lipinski definition) is 3. The molecule has 2 aliphatic rings. The van der Waals surface area contributed by atoms with E-state index in [0.717, 1.165) is 44.8 Å². The molecule has 0 bridgehead atoms. The van der Waals surface area contributed by atoms with Gasteiger partial charge in [-0.15, -0.1) is 13.2 Å². The largest absolute Gasteiger partial charge is 0.299 e. The maximum atomic E-state index is 3.76. The number of hydrogen-bond donors (Lipinski definition) is 0. The van der Waals surface area contributed by atoms with E-state index in [4.69, 9.17) is 0 Å². The minimum atomic E-state index is 0.744. The molecule has 0 radical (unpaired) electrons. The summed E-state index contributed by atoms with van der Waals surface area (Å²) in [6, 6.07) is 29.9. The van der Waals surface area contributed by atoms with Crippen LogP contribution in [0.15, 0.2) is 104 Å². The molecule has 2 unspecified atom stereocenters. The highest BCUT2D eigenvalue weighted by atomic mass is 15.2. The summed E-state index contributed by atoms with van der Waals surface area (Å²) in [7, 11) is 0. The third-order valence-electron chi connectivity index (χ3n) is 9.11. The van der Waals surface area contributed by atoms with Gasteiger partial charge in [-0.25, -0.2) is 0 Å². The minimum Gasteiger partial charge on any atom is -0.299 e. The Morgan fingerprint density at radius 1 is 0.622 bits per heavy atom. The smallest absolute Gasteiger partial charge is 0.0240 e. The minimum absolute atomic E-state index is 0.744. The highest BCUT2D eigenvalue weighted by molar-refractivity contribution is 5.22. The van der Waals surface area contributed by atoms with Crippen LogP contribution in [0.3, 0.4) is 0 Å². The van der Waals surface area contributed by atoms with E-state index in [1.807, 2.05) is 12.2 Å². The van der Waals surface area contributed by atoms with Crippen LogP contribution in [-0.4, -0.2) is 53.0 Å². The topological polar surface area (TPSA) is 9.72 Å². The summed E-state index contributed by atoms with van der Waals surface area (Å²) in [5.74, 6) is 0. The van der Waals surface area contributed by atoms with Crippen molar-refractivity contribution in [2.45, 2.75) is 104 Å². The zero-order chi connectivity index (χ0) is 32.3. The first-order valence-corrected chi connectivity index (χ1v) is 17.4. The van der Waals surface area contributed by atoms with Gasteiger partial charge in [0.15, 0.2) is 0 Å². The van der Waals surface area contributed by atoms with Crippen LogP contribution in [0.5, 0.6) is 0 Å². The van der Waals surface area contributed by atoms with Gasteiger partial charge >= 0.3 is 0 Å². The van der Waals surface area contributed by atoms with E-state index >= 15 is 0 Å². The summed E-state index contributed by atoms with van der Waals surface area (Å²) in [4.78, 5) is 7.53. The molecule has 0 amide bonds. The zero-order valence-corrected chi connectivity index (χ0v) is 29.0. The molecular formula is C42H61N3. The highest BCUT2D eigenvalue weighted by Gasteiger charge is 2.24. The maximum absolute atomic E-state index is 3.76. The molecule has 3 nitrogen and oxygen atoms in total. The van der Waals surface area contributed by atoms with Crippen LogP contribution < -0.4 is 0 Å². The molecule has 2 heterocycles. The molecule has 0 saturated carbocycles. The lowest BCUT2D eigenvalue weighted by Crippen LogP contribution is -2.42. The Balaban J connectivity index is 0.000000184. The second kappa shape index (κ2) is 20.9. The maximum Gasteiger partial charge on any atom is 0.0240 e. The van der Waals surface area contributed by atoms with Crippen LogP contribution in [0.1, 0.15) is 86.6 Å². The molecule has 5 rings (SSSR count). The molecule has 244 valence electrons. The van der Waals surface area contributed by atoms with Gasteiger partial charge in [-0.1, -0.05) is 121 Å². The molecule has 45 heavy (non-hydrogen) atoms. The lowest BCUT2D eigenvalue weighted by atomic mass is 9.97. The van der Waals surface area contributed by atoms with Crippen LogP contribution in [0.4, 0.5) is 0 Å². The van der Waals surface area contributed by atoms with Gasteiger partial charge in [0.1, 0.15) is 0 Å². The molecule has 3 aromatic carbocycles. The predicted molar refractivity (Wildman–Crippen MR) is 197 cm³/mol. The van der Waals surface area contributed by atoms with Gasteiger partial charge in [-0.3, -0.25) is 14.7 Å². The number of likely N-dealkylation sites (tertiary alicyclic amines) is 2. The number of rotatable bonds is 10. The van der Waals surface area contributed by atoms with Gasteiger partial charge < -0.3 is 0 Å². The van der Waals surface area contributed by atoms with E-state index in [9.17, 15) is 0 Å². The highest BCUT2D eigenvalue weighted by Crippen LogP contribution is 2.24. The number of aryl methyl sites for hydroxylation is 2. The van der Waals surface area contributed by atoms with Crippen LogP contribution >= 0.6 is 0 Å². The summed E-state index contributed by atoms with van der Waals surface area (Å²) >= 11 is 0. The molecule has 2 atom stereocenters. The van der Waals surface area contributed by atoms with Gasteiger partial charge in [-0.05, 0) is 83.2 Å². The van der Waals surface area contributed by atoms with Crippen molar-refractivity contribution in [1.29, 1.82) is 0 Å². The second-order valence-electron chi connectivity index (χ2n) is 13.2. The molecule has 2 aliphatic heterocycles. The Hall–Kier alpha value is -2.98. The summed E-state index contributed by atoms with van der Waals surface area (Å²) < 4.78 is 0. The average Bonchev–Trinajstić information content (AvgIpc) is 3.31. The van der Waals surface area contributed by atoms with Gasteiger partial charge in [0.05, 0.1) is 0 Å². The number of piperidine rings is 1. The molecule has 3 heteroatoms. The fraction of sp³-hybridized carbons (Fsp3) is 0.476. The fourth-order valence-corrected chi connectivity index (χ4v) is 6.35. The molecule has 3 aromatic rings. The standard InChI is InChI=1S/2C14H21N.C14H19N/c1-12-7-6-8-13(2)15(12)11-14-9-4-3-5-10-14;1-13-6-8-14(9-7-13)12-15-10-4-2-3-5-11-15;1-4-10-15(11-5-2)12-14-8-6-13(3)7-9-14/h3-5,9-10,12-13H,6-8,11H2,1-2H3;6-9H,2-5,10-12H2,1H3;4-9H,1-2,10-12H2,3H3. The Morgan fingerprint density at radius 3 is 1.62 bits per heavy atom. The fourth-order valence-electron chi connectivity index (χ4n) is 6.35. The van der Waals surface area contributed by atoms with Crippen LogP contribution in [0.25, 0.3) is 0 Å². The molecular weight excluding hydrogens is 546 g/mol. The Bertz CT molecular complexity index is 1170. The molecule has 0 aromatic heterocycles. The molecule has 0 spiro atoms. The first kappa shape index (κ1) is 36.5. The van der Waals surface area contributed by atoms with Crippen molar-refractivity contribution in [2.24, 2.45) is 0 Å². The first-order chi connectivity index (χ1) is 21.9. The van der Waals surface area contributed by atoms with E-state index in [2.05, 4.69) is 134 Å². The Kier molecular flexibility index (Phi) is 17.0. The van der Waals surface area contributed by atoms with Gasteiger partial charge in [-0.2, -0.15) is 0 Å². The van der Waals surface area contributed by atoms with Gasteiger partial charge in [0, 0.05) is 44.8 Å². The third-order valence-corrected chi connectivity index (χ3v) is 9.11. The number of benzene rings is 3. The van der Waals surface area contributed by atoms with E-state index in [1.54, 1.807) is 0 Å². The summed E-state index contributed by atoms with van der Waals surface area (Å²) in [5.41, 5.74) is 6.90. The normalized spacial score (nSPS) is 19.0. The van der Waals surface area contributed by atoms with Crippen LogP contribution in [0, 0.1) is 13.8 Å². The summed E-state index contributed by atoms with van der Waals surface area (Å²) in [5, 5.41) is 0. The van der Waals surface area contributed by atoms with E-state index < -0.39 is 0 Å². The van der Waals surface area contributed by atoms with E-state index in [-0.39, 0.29) is 0 Å². The second-order valence-corrected chi connectivity index (χ2v) is 13.2. The van der Waals surface area contributed by atoms with E-state index in [1.165, 1.54) is 85.9 Å². The average molecular weight is 608 g/mol. The quantitative estimate of drug-likeness (QED) is 0.212.